The lowest BCUT2D eigenvalue weighted by Crippen LogP contribution is -2.23. The van der Waals surface area contributed by atoms with Crippen LogP contribution in [0.15, 0.2) is 24.3 Å². The van der Waals surface area contributed by atoms with Crippen molar-refractivity contribution in [1.82, 2.24) is 5.32 Å². The highest BCUT2D eigenvalue weighted by atomic mass is 16.5. The molecule has 2 heteroatoms. The second-order valence-electron chi connectivity index (χ2n) is 6.29. The summed E-state index contributed by atoms with van der Waals surface area (Å²) in [5, 5.41) is 3.48. The number of methoxy groups -OCH3 is 1. The molecule has 0 radical (unpaired) electrons. The summed E-state index contributed by atoms with van der Waals surface area (Å²) < 4.78 is 5.05. The maximum absolute atomic E-state index is 5.05. The third-order valence-corrected chi connectivity index (χ3v) is 4.52. The summed E-state index contributed by atoms with van der Waals surface area (Å²) in [5.74, 6) is 1.39. The molecule has 0 aliphatic heterocycles. The molecule has 2 nitrogen and oxygen atoms in total. The number of nitrogens with one attached hydrogen (secondary N) is 1. The molecule has 106 valence electrons. The molecule has 0 spiro atoms. The Labute approximate surface area is 117 Å². The van der Waals surface area contributed by atoms with Crippen LogP contribution in [0.3, 0.4) is 0 Å². The van der Waals surface area contributed by atoms with Crippen molar-refractivity contribution in [3.8, 4) is 0 Å². The van der Waals surface area contributed by atoms with Gasteiger partial charge < -0.3 is 10.1 Å². The lowest BCUT2D eigenvalue weighted by molar-refractivity contribution is 0.199. The first-order valence-electron chi connectivity index (χ1n) is 7.38. The predicted molar refractivity (Wildman–Crippen MR) is 80.7 cm³/mol. The zero-order valence-corrected chi connectivity index (χ0v) is 12.7. The van der Waals surface area contributed by atoms with Crippen molar-refractivity contribution >= 4 is 0 Å². The first-order valence-corrected chi connectivity index (χ1v) is 7.38. The summed E-state index contributed by atoms with van der Waals surface area (Å²) in [6.45, 7) is 9.74. The van der Waals surface area contributed by atoms with Crippen LogP contribution in [0.1, 0.15) is 44.2 Å². The van der Waals surface area contributed by atoms with Crippen LogP contribution in [0.25, 0.3) is 0 Å². The van der Waals surface area contributed by atoms with E-state index in [1.807, 2.05) is 0 Å². The van der Waals surface area contributed by atoms with Gasteiger partial charge in [0.15, 0.2) is 0 Å². The van der Waals surface area contributed by atoms with Crippen LogP contribution < -0.4 is 5.32 Å². The summed E-state index contributed by atoms with van der Waals surface area (Å²) in [6, 6.07) is 9.23. The van der Waals surface area contributed by atoms with Gasteiger partial charge in [-0.3, -0.25) is 0 Å². The van der Waals surface area contributed by atoms with Crippen LogP contribution in [-0.2, 0) is 10.2 Å². The van der Waals surface area contributed by atoms with Crippen LogP contribution in [0.5, 0.6) is 0 Å². The molecule has 1 fully saturated rings. The number of rotatable bonds is 7. The molecule has 0 heterocycles. The standard InChI is InChI=1S/C17H27NO/c1-13(2)14-5-7-15(8-6-14)17(3)11-16(17)12-18-9-10-19-4/h5-8,13,16,18H,9-12H2,1-4H3. The molecule has 0 aromatic heterocycles. The van der Waals surface area contributed by atoms with Crippen molar-refractivity contribution in [3.05, 3.63) is 35.4 Å². The lowest BCUT2D eigenvalue weighted by atomic mass is 9.92. The molecule has 1 aliphatic carbocycles. The lowest BCUT2D eigenvalue weighted by Gasteiger charge is -2.14. The molecule has 1 aliphatic rings. The van der Waals surface area contributed by atoms with Gasteiger partial charge in [0.25, 0.3) is 0 Å². The van der Waals surface area contributed by atoms with E-state index in [2.05, 4.69) is 50.4 Å². The Kier molecular flexibility index (Phi) is 4.64. The monoisotopic (exact) mass is 261 g/mol. The fraction of sp³-hybridized carbons (Fsp3) is 0.647. The molecule has 1 saturated carbocycles. The van der Waals surface area contributed by atoms with Crippen molar-refractivity contribution in [1.29, 1.82) is 0 Å². The van der Waals surface area contributed by atoms with Gasteiger partial charge in [0.05, 0.1) is 6.61 Å². The Bertz CT molecular complexity index is 398. The van der Waals surface area contributed by atoms with Crippen LogP contribution in [0.4, 0.5) is 0 Å². The number of benzene rings is 1. The molecule has 1 N–H and O–H groups in total. The largest absolute Gasteiger partial charge is 0.383 e. The maximum atomic E-state index is 5.05. The Morgan fingerprint density at radius 1 is 1.32 bits per heavy atom. The zero-order valence-electron chi connectivity index (χ0n) is 12.7. The molecular formula is C17H27NO. The SMILES string of the molecule is COCCNCC1CC1(C)c1ccc(C(C)C)cc1. The van der Waals surface area contributed by atoms with Gasteiger partial charge in [0, 0.05) is 13.7 Å². The Balaban J connectivity index is 1.88. The average molecular weight is 261 g/mol. The van der Waals surface area contributed by atoms with E-state index in [1.165, 1.54) is 17.5 Å². The highest BCUT2D eigenvalue weighted by molar-refractivity contribution is 5.35. The molecule has 19 heavy (non-hydrogen) atoms. The molecule has 0 amide bonds. The number of ether oxygens (including phenoxy) is 1. The van der Waals surface area contributed by atoms with Gasteiger partial charge in [-0.1, -0.05) is 45.0 Å². The Morgan fingerprint density at radius 2 is 2.00 bits per heavy atom. The first-order chi connectivity index (χ1) is 9.08. The minimum atomic E-state index is 0.385. The maximum Gasteiger partial charge on any atom is 0.0587 e. The van der Waals surface area contributed by atoms with E-state index in [0.29, 0.717) is 11.3 Å². The molecule has 0 bridgehead atoms. The summed E-state index contributed by atoms with van der Waals surface area (Å²) in [5.41, 5.74) is 3.31. The highest BCUT2D eigenvalue weighted by Crippen LogP contribution is 2.53. The molecule has 1 aromatic rings. The summed E-state index contributed by atoms with van der Waals surface area (Å²) in [6.07, 6.45) is 1.30. The van der Waals surface area contributed by atoms with Gasteiger partial charge in [-0.05, 0) is 41.3 Å². The molecule has 2 atom stereocenters. The van der Waals surface area contributed by atoms with E-state index in [4.69, 9.17) is 4.74 Å². The van der Waals surface area contributed by atoms with E-state index >= 15 is 0 Å². The van der Waals surface area contributed by atoms with Gasteiger partial charge in [-0.25, -0.2) is 0 Å². The van der Waals surface area contributed by atoms with Crippen molar-refractivity contribution < 1.29 is 4.74 Å². The van der Waals surface area contributed by atoms with Crippen LogP contribution in [0, 0.1) is 5.92 Å². The third-order valence-electron chi connectivity index (χ3n) is 4.52. The zero-order chi connectivity index (χ0) is 13.9. The van der Waals surface area contributed by atoms with E-state index in [-0.39, 0.29) is 0 Å². The van der Waals surface area contributed by atoms with Gasteiger partial charge >= 0.3 is 0 Å². The van der Waals surface area contributed by atoms with Gasteiger partial charge in [-0.2, -0.15) is 0 Å². The van der Waals surface area contributed by atoms with Crippen molar-refractivity contribution in [2.45, 2.75) is 38.5 Å². The van der Waals surface area contributed by atoms with E-state index in [0.717, 1.165) is 25.6 Å². The van der Waals surface area contributed by atoms with Crippen molar-refractivity contribution in [3.63, 3.8) is 0 Å². The molecule has 2 rings (SSSR count). The van der Waals surface area contributed by atoms with Crippen LogP contribution in [0.2, 0.25) is 0 Å². The van der Waals surface area contributed by atoms with E-state index < -0.39 is 0 Å². The highest BCUT2D eigenvalue weighted by Gasteiger charge is 2.50. The summed E-state index contributed by atoms with van der Waals surface area (Å²) in [7, 11) is 1.75. The molecule has 0 saturated heterocycles. The van der Waals surface area contributed by atoms with Gasteiger partial charge in [0.2, 0.25) is 0 Å². The van der Waals surface area contributed by atoms with Gasteiger partial charge in [0.1, 0.15) is 0 Å². The normalized spacial score (nSPS) is 25.8. The minimum absolute atomic E-state index is 0.385. The minimum Gasteiger partial charge on any atom is -0.383 e. The van der Waals surface area contributed by atoms with E-state index in [1.54, 1.807) is 7.11 Å². The quantitative estimate of drug-likeness (QED) is 0.760. The predicted octanol–water partition coefficient (Wildman–Crippen LogP) is 3.32. The second-order valence-corrected chi connectivity index (χ2v) is 6.29. The Morgan fingerprint density at radius 3 is 2.58 bits per heavy atom. The summed E-state index contributed by atoms with van der Waals surface area (Å²) in [4.78, 5) is 0. The van der Waals surface area contributed by atoms with E-state index in [9.17, 15) is 0 Å². The van der Waals surface area contributed by atoms with Crippen molar-refractivity contribution in [2.75, 3.05) is 26.8 Å². The molecule has 2 unspecified atom stereocenters. The van der Waals surface area contributed by atoms with Crippen LogP contribution >= 0.6 is 0 Å². The third kappa shape index (κ3) is 3.37. The topological polar surface area (TPSA) is 21.3 Å². The Hall–Kier alpha value is -0.860. The van der Waals surface area contributed by atoms with Gasteiger partial charge in [-0.15, -0.1) is 0 Å². The fourth-order valence-corrected chi connectivity index (χ4v) is 2.80. The smallest absolute Gasteiger partial charge is 0.0587 e. The van der Waals surface area contributed by atoms with Crippen molar-refractivity contribution in [2.24, 2.45) is 5.92 Å². The first kappa shape index (κ1) is 14.5. The summed E-state index contributed by atoms with van der Waals surface area (Å²) >= 11 is 0. The number of hydrogen-bond donors (Lipinski definition) is 1. The fourth-order valence-electron chi connectivity index (χ4n) is 2.80. The van der Waals surface area contributed by atoms with Crippen LogP contribution in [-0.4, -0.2) is 26.8 Å². The number of hydrogen-bond acceptors (Lipinski definition) is 2. The molecular weight excluding hydrogens is 234 g/mol. The molecule has 1 aromatic carbocycles. The second kappa shape index (κ2) is 6.06. The average Bonchev–Trinajstić information content (AvgIpc) is 3.07.